The molecule has 11 heteroatoms. The van der Waals surface area contributed by atoms with Crippen LogP contribution in [0.25, 0.3) is 0 Å². The Balaban J connectivity index is 1.76. The predicted octanol–water partition coefficient (Wildman–Crippen LogP) is 4.32. The third-order valence-electron chi connectivity index (χ3n) is 4.41. The highest BCUT2D eigenvalue weighted by Gasteiger charge is 2.19. The predicted molar refractivity (Wildman–Crippen MR) is 115 cm³/mol. The van der Waals surface area contributed by atoms with Gasteiger partial charge in [0.05, 0.1) is 17.7 Å². The number of carbonyl (C=O) groups excluding carboxylic acids is 1. The number of rotatable bonds is 8. The minimum atomic E-state index is -4.07. The molecule has 1 atom stereocenters. The fraction of sp³-hybridized carbons (Fsp3) is 0.136. The van der Waals surface area contributed by atoms with Crippen molar-refractivity contribution in [3.05, 3.63) is 78.1 Å². The largest absolute Gasteiger partial charge is 0.495 e. The monoisotopic (exact) mass is 480 g/mol. The molecule has 0 saturated carbocycles. The number of halogens is 3. The van der Waals surface area contributed by atoms with Crippen molar-refractivity contribution in [2.75, 3.05) is 17.1 Å². The second-order valence-electron chi connectivity index (χ2n) is 6.80. The molecule has 0 aromatic heterocycles. The quantitative estimate of drug-likeness (QED) is 0.501. The average molecular weight is 480 g/mol. The number of nitrogens with one attached hydrogen (secondary N) is 2. The van der Waals surface area contributed by atoms with Crippen LogP contribution in [-0.4, -0.2) is 27.5 Å². The molecule has 7 nitrogen and oxygen atoms in total. The molecular formula is C22H19F3N2O5S. The maximum absolute atomic E-state index is 13.3. The van der Waals surface area contributed by atoms with E-state index in [-0.39, 0.29) is 27.8 Å². The summed E-state index contributed by atoms with van der Waals surface area (Å²) in [5.41, 5.74) is 0.229. The first-order valence-corrected chi connectivity index (χ1v) is 11.0. The zero-order valence-corrected chi connectivity index (χ0v) is 18.3. The van der Waals surface area contributed by atoms with E-state index < -0.39 is 39.5 Å². The maximum Gasteiger partial charge on any atom is 0.265 e. The summed E-state index contributed by atoms with van der Waals surface area (Å²) >= 11 is 0. The van der Waals surface area contributed by atoms with Gasteiger partial charge in [0.2, 0.25) is 0 Å². The fourth-order valence-corrected chi connectivity index (χ4v) is 3.80. The first-order valence-electron chi connectivity index (χ1n) is 9.48. The minimum Gasteiger partial charge on any atom is -0.495 e. The SMILES string of the molecule is COc1ccc(NC(=O)C(C)Oc2ccc(F)c(F)c2)cc1NS(=O)(=O)c1ccc(F)cc1. The molecule has 0 saturated heterocycles. The van der Waals surface area contributed by atoms with Crippen LogP contribution in [0.15, 0.2) is 65.6 Å². The Labute approximate surface area is 188 Å². The Hall–Kier alpha value is -3.73. The molecule has 2 N–H and O–H groups in total. The van der Waals surface area contributed by atoms with Crippen LogP contribution in [0.3, 0.4) is 0 Å². The van der Waals surface area contributed by atoms with E-state index in [4.69, 9.17) is 9.47 Å². The number of carbonyl (C=O) groups is 1. The molecule has 0 heterocycles. The molecule has 1 unspecified atom stereocenters. The van der Waals surface area contributed by atoms with Gasteiger partial charge in [-0.15, -0.1) is 0 Å². The van der Waals surface area contributed by atoms with Crippen molar-refractivity contribution >= 4 is 27.3 Å². The van der Waals surface area contributed by atoms with Crippen molar-refractivity contribution in [2.24, 2.45) is 0 Å². The fourth-order valence-electron chi connectivity index (χ4n) is 2.73. The van der Waals surface area contributed by atoms with Crippen molar-refractivity contribution < 1.29 is 35.9 Å². The summed E-state index contributed by atoms with van der Waals surface area (Å²) in [6.07, 6.45) is -1.09. The van der Waals surface area contributed by atoms with Crippen molar-refractivity contribution in [1.82, 2.24) is 0 Å². The first kappa shape index (κ1) is 23.9. The summed E-state index contributed by atoms with van der Waals surface area (Å²) < 4.78 is 77.5. The van der Waals surface area contributed by atoms with Gasteiger partial charge in [0.15, 0.2) is 17.7 Å². The maximum atomic E-state index is 13.3. The Bertz CT molecular complexity index is 1270. The van der Waals surface area contributed by atoms with Crippen LogP contribution in [0.1, 0.15) is 6.92 Å². The van der Waals surface area contributed by atoms with E-state index in [9.17, 15) is 26.4 Å². The number of benzene rings is 3. The van der Waals surface area contributed by atoms with Crippen LogP contribution >= 0.6 is 0 Å². The van der Waals surface area contributed by atoms with Crippen molar-refractivity contribution in [3.63, 3.8) is 0 Å². The Morgan fingerprint density at radius 1 is 0.939 bits per heavy atom. The van der Waals surface area contributed by atoms with Gasteiger partial charge in [0.1, 0.15) is 17.3 Å². The van der Waals surface area contributed by atoms with Gasteiger partial charge in [0, 0.05) is 11.8 Å². The standard InChI is InChI=1S/C22H19F3N2O5S/c1-13(32-16-6-9-18(24)19(25)12-16)22(28)26-15-5-10-21(31-2)20(11-15)27-33(29,30)17-7-3-14(23)4-8-17/h3-13,27H,1-2H3,(H,26,28). The summed E-state index contributed by atoms with van der Waals surface area (Å²) in [6.45, 7) is 1.40. The topological polar surface area (TPSA) is 93.7 Å². The highest BCUT2D eigenvalue weighted by molar-refractivity contribution is 7.92. The third kappa shape index (κ3) is 5.95. The van der Waals surface area contributed by atoms with Crippen molar-refractivity contribution in [1.29, 1.82) is 0 Å². The van der Waals surface area contributed by atoms with E-state index >= 15 is 0 Å². The molecule has 0 spiro atoms. The number of anilines is 2. The molecule has 0 aliphatic heterocycles. The van der Waals surface area contributed by atoms with Crippen LogP contribution in [0, 0.1) is 17.5 Å². The lowest BCUT2D eigenvalue weighted by molar-refractivity contribution is -0.122. The smallest absolute Gasteiger partial charge is 0.265 e. The van der Waals surface area contributed by atoms with E-state index in [1.165, 1.54) is 38.3 Å². The number of amides is 1. The van der Waals surface area contributed by atoms with Crippen LogP contribution in [0.5, 0.6) is 11.5 Å². The van der Waals surface area contributed by atoms with Gasteiger partial charge in [0.25, 0.3) is 15.9 Å². The molecule has 3 aromatic rings. The summed E-state index contributed by atoms with van der Waals surface area (Å²) in [4.78, 5) is 12.3. The molecule has 3 rings (SSSR count). The number of sulfonamides is 1. The van der Waals surface area contributed by atoms with Gasteiger partial charge in [-0.2, -0.15) is 0 Å². The van der Waals surface area contributed by atoms with Gasteiger partial charge in [-0.05, 0) is 61.5 Å². The second kappa shape index (κ2) is 9.82. The molecule has 0 fully saturated rings. The van der Waals surface area contributed by atoms with Gasteiger partial charge in [-0.1, -0.05) is 0 Å². The first-order chi connectivity index (χ1) is 15.6. The third-order valence-corrected chi connectivity index (χ3v) is 5.79. The molecule has 0 radical (unpaired) electrons. The molecular weight excluding hydrogens is 461 g/mol. The molecule has 174 valence electrons. The Kier molecular flexibility index (Phi) is 7.12. The number of ether oxygens (including phenoxy) is 2. The van der Waals surface area contributed by atoms with E-state index in [0.717, 1.165) is 36.4 Å². The van der Waals surface area contributed by atoms with Gasteiger partial charge in [-0.3, -0.25) is 9.52 Å². The zero-order valence-electron chi connectivity index (χ0n) is 17.4. The number of hydrogen-bond acceptors (Lipinski definition) is 5. The van der Waals surface area contributed by atoms with Crippen LogP contribution in [-0.2, 0) is 14.8 Å². The van der Waals surface area contributed by atoms with Crippen LogP contribution < -0.4 is 19.5 Å². The van der Waals surface area contributed by atoms with Crippen molar-refractivity contribution in [2.45, 2.75) is 17.9 Å². The zero-order chi connectivity index (χ0) is 24.2. The molecule has 0 aliphatic rings. The highest BCUT2D eigenvalue weighted by atomic mass is 32.2. The molecule has 33 heavy (non-hydrogen) atoms. The summed E-state index contributed by atoms with van der Waals surface area (Å²) in [7, 11) is -2.74. The van der Waals surface area contributed by atoms with Crippen LogP contribution in [0.2, 0.25) is 0 Å². The highest BCUT2D eigenvalue weighted by Crippen LogP contribution is 2.30. The molecule has 0 aliphatic carbocycles. The number of methoxy groups -OCH3 is 1. The van der Waals surface area contributed by atoms with Crippen LogP contribution in [0.4, 0.5) is 24.5 Å². The Morgan fingerprint density at radius 2 is 1.64 bits per heavy atom. The number of hydrogen-bond donors (Lipinski definition) is 2. The molecule has 1 amide bonds. The van der Waals surface area contributed by atoms with Crippen molar-refractivity contribution in [3.8, 4) is 11.5 Å². The average Bonchev–Trinajstić information content (AvgIpc) is 2.76. The molecule has 3 aromatic carbocycles. The lowest BCUT2D eigenvalue weighted by Crippen LogP contribution is -2.30. The lowest BCUT2D eigenvalue weighted by atomic mass is 10.2. The van der Waals surface area contributed by atoms with E-state index in [1.54, 1.807) is 0 Å². The van der Waals surface area contributed by atoms with Gasteiger partial charge in [-0.25, -0.2) is 21.6 Å². The normalized spacial score (nSPS) is 12.0. The van der Waals surface area contributed by atoms with Gasteiger partial charge < -0.3 is 14.8 Å². The summed E-state index contributed by atoms with van der Waals surface area (Å²) in [5, 5.41) is 2.54. The van der Waals surface area contributed by atoms with E-state index in [1.807, 2.05) is 0 Å². The minimum absolute atomic E-state index is 0.0220. The second-order valence-corrected chi connectivity index (χ2v) is 8.48. The Morgan fingerprint density at radius 3 is 2.27 bits per heavy atom. The van der Waals surface area contributed by atoms with E-state index in [0.29, 0.717) is 0 Å². The van der Waals surface area contributed by atoms with E-state index in [2.05, 4.69) is 10.0 Å². The lowest BCUT2D eigenvalue weighted by Gasteiger charge is -2.17. The summed E-state index contributed by atoms with van der Waals surface area (Å²) in [5.74, 6) is -3.25. The summed E-state index contributed by atoms with van der Waals surface area (Å²) in [6, 6.07) is 11.3. The van der Waals surface area contributed by atoms with Gasteiger partial charge >= 0.3 is 0 Å². The molecule has 0 bridgehead atoms.